The lowest BCUT2D eigenvalue weighted by molar-refractivity contribution is -0.931. The quantitative estimate of drug-likeness (QED) is 0.762. The van der Waals surface area contributed by atoms with Crippen LogP contribution in [0.25, 0.3) is 0 Å². The second-order valence-corrected chi connectivity index (χ2v) is 6.21. The highest BCUT2D eigenvalue weighted by atomic mass is 35.5. The monoisotopic (exact) mass is 296 g/mol. The standard InChI is InChI=1S/C17H26ClNO/c1-2-16-9-3-4-11-19(16)12-5-6-13-20-17-10-7-8-15(18)14-17/h7-8,10,14,16H,2-6,9,11-13H2,1H3/p+1. The predicted molar refractivity (Wildman–Crippen MR) is 84.8 cm³/mol. The highest BCUT2D eigenvalue weighted by molar-refractivity contribution is 6.30. The SMILES string of the molecule is CCC1CCCC[NH+]1CCCCOc1cccc(Cl)c1. The summed E-state index contributed by atoms with van der Waals surface area (Å²) in [6, 6.07) is 8.55. The fourth-order valence-corrected chi connectivity index (χ4v) is 3.35. The van der Waals surface area contributed by atoms with Gasteiger partial charge in [0.25, 0.3) is 0 Å². The number of hydrogen-bond donors (Lipinski definition) is 1. The van der Waals surface area contributed by atoms with E-state index in [9.17, 15) is 0 Å². The van der Waals surface area contributed by atoms with Crippen LogP contribution < -0.4 is 9.64 Å². The zero-order chi connectivity index (χ0) is 14.2. The molecule has 1 aliphatic heterocycles. The van der Waals surface area contributed by atoms with Crippen LogP contribution >= 0.6 is 11.6 Å². The number of hydrogen-bond acceptors (Lipinski definition) is 1. The number of ether oxygens (including phenoxy) is 1. The van der Waals surface area contributed by atoms with E-state index in [4.69, 9.17) is 16.3 Å². The van der Waals surface area contributed by atoms with E-state index in [0.29, 0.717) is 0 Å². The van der Waals surface area contributed by atoms with Gasteiger partial charge in [0.05, 0.1) is 25.7 Å². The molecule has 1 N–H and O–H groups in total. The summed E-state index contributed by atoms with van der Waals surface area (Å²) in [6.07, 6.45) is 7.97. The number of likely N-dealkylation sites (tertiary alicyclic amines) is 1. The van der Waals surface area contributed by atoms with Crippen molar-refractivity contribution in [3.8, 4) is 5.75 Å². The Morgan fingerprint density at radius 3 is 3.00 bits per heavy atom. The van der Waals surface area contributed by atoms with Crippen molar-refractivity contribution in [2.75, 3.05) is 19.7 Å². The molecule has 0 aliphatic carbocycles. The van der Waals surface area contributed by atoms with Crippen LogP contribution in [0.4, 0.5) is 0 Å². The van der Waals surface area contributed by atoms with Gasteiger partial charge in [0.1, 0.15) is 5.75 Å². The third-order valence-corrected chi connectivity index (χ3v) is 4.56. The van der Waals surface area contributed by atoms with Gasteiger partial charge < -0.3 is 9.64 Å². The molecule has 0 bridgehead atoms. The van der Waals surface area contributed by atoms with Gasteiger partial charge in [-0.15, -0.1) is 0 Å². The van der Waals surface area contributed by atoms with Crippen molar-refractivity contribution < 1.29 is 9.64 Å². The Morgan fingerprint density at radius 2 is 2.20 bits per heavy atom. The number of halogens is 1. The van der Waals surface area contributed by atoms with E-state index in [-0.39, 0.29) is 0 Å². The van der Waals surface area contributed by atoms with Gasteiger partial charge in [-0.05, 0) is 56.7 Å². The average Bonchev–Trinajstić information content (AvgIpc) is 2.47. The molecule has 1 saturated heterocycles. The van der Waals surface area contributed by atoms with Crippen molar-refractivity contribution in [1.29, 1.82) is 0 Å². The summed E-state index contributed by atoms with van der Waals surface area (Å²) < 4.78 is 5.74. The Kier molecular flexibility index (Phi) is 6.68. The summed E-state index contributed by atoms with van der Waals surface area (Å²) in [6.45, 7) is 5.80. The minimum Gasteiger partial charge on any atom is -0.494 e. The van der Waals surface area contributed by atoms with Gasteiger partial charge in [-0.2, -0.15) is 0 Å². The number of nitrogens with one attached hydrogen (secondary N) is 1. The molecule has 112 valence electrons. The molecular formula is C17H27ClNO+. The molecule has 2 unspecified atom stereocenters. The summed E-state index contributed by atoms with van der Waals surface area (Å²) in [4.78, 5) is 1.82. The lowest BCUT2D eigenvalue weighted by Crippen LogP contribution is -3.16. The van der Waals surface area contributed by atoms with Gasteiger partial charge in [-0.1, -0.05) is 24.6 Å². The van der Waals surface area contributed by atoms with E-state index >= 15 is 0 Å². The number of rotatable bonds is 7. The van der Waals surface area contributed by atoms with Crippen LogP contribution in [0.5, 0.6) is 5.75 Å². The van der Waals surface area contributed by atoms with Crippen LogP contribution in [0.2, 0.25) is 5.02 Å². The lowest BCUT2D eigenvalue weighted by Gasteiger charge is -2.32. The largest absolute Gasteiger partial charge is 0.494 e. The molecule has 0 radical (unpaired) electrons. The maximum Gasteiger partial charge on any atom is 0.120 e. The minimum atomic E-state index is 0.742. The van der Waals surface area contributed by atoms with Crippen LogP contribution in [0.15, 0.2) is 24.3 Å². The smallest absolute Gasteiger partial charge is 0.120 e. The molecule has 0 spiro atoms. The molecule has 0 amide bonds. The van der Waals surface area contributed by atoms with E-state index in [1.807, 2.05) is 29.2 Å². The van der Waals surface area contributed by atoms with Gasteiger partial charge >= 0.3 is 0 Å². The highest BCUT2D eigenvalue weighted by Crippen LogP contribution is 2.17. The van der Waals surface area contributed by atoms with Gasteiger partial charge in [0, 0.05) is 5.02 Å². The maximum atomic E-state index is 5.94. The molecule has 3 heteroatoms. The summed E-state index contributed by atoms with van der Waals surface area (Å²) >= 11 is 5.94. The van der Waals surface area contributed by atoms with Crippen LogP contribution in [0.3, 0.4) is 0 Å². The zero-order valence-corrected chi connectivity index (χ0v) is 13.3. The van der Waals surface area contributed by atoms with Crippen molar-refractivity contribution in [1.82, 2.24) is 0 Å². The Morgan fingerprint density at radius 1 is 1.30 bits per heavy atom. The van der Waals surface area contributed by atoms with Gasteiger partial charge in [0.2, 0.25) is 0 Å². The molecule has 1 aromatic rings. The molecule has 1 fully saturated rings. The van der Waals surface area contributed by atoms with Crippen molar-refractivity contribution in [2.24, 2.45) is 0 Å². The summed E-state index contributed by atoms with van der Waals surface area (Å²) in [5, 5.41) is 0.742. The second kappa shape index (κ2) is 8.53. The normalized spacial score (nSPS) is 22.7. The first-order valence-electron chi connectivity index (χ1n) is 8.02. The van der Waals surface area contributed by atoms with Crippen molar-refractivity contribution in [3.63, 3.8) is 0 Å². The number of unbranched alkanes of at least 4 members (excludes halogenated alkanes) is 1. The Balaban J connectivity index is 1.61. The third kappa shape index (κ3) is 4.99. The molecule has 2 nitrogen and oxygen atoms in total. The number of benzene rings is 1. The van der Waals surface area contributed by atoms with E-state index in [1.54, 1.807) is 0 Å². The average molecular weight is 297 g/mol. The molecule has 1 heterocycles. The van der Waals surface area contributed by atoms with Crippen LogP contribution in [-0.4, -0.2) is 25.7 Å². The van der Waals surface area contributed by atoms with Gasteiger partial charge in [-0.3, -0.25) is 0 Å². The summed E-state index contributed by atoms with van der Waals surface area (Å²) in [5.41, 5.74) is 0. The molecule has 1 aromatic carbocycles. The first-order valence-corrected chi connectivity index (χ1v) is 8.40. The fourth-order valence-electron chi connectivity index (χ4n) is 3.17. The van der Waals surface area contributed by atoms with Crippen molar-refractivity contribution in [3.05, 3.63) is 29.3 Å². The maximum absolute atomic E-state index is 5.94. The minimum absolute atomic E-state index is 0.742. The molecular weight excluding hydrogens is 270 g/mol. The Hall–Kier alpha value is -0.730. The number of piperidine rings is 1. The molecule has 0 aromatic heterocycles. The lowest BCUT2D eigenvalue weighted by atomic mass is 10.00. The van der Waals surface area contributed by atoms with E-state index in [1.165, 1.54) is 45.2 Å². The van der Waals surface area contributed by atoms with E-state index in [2.05, 4.69) is 6.92 Å². The van der Waals surface area contributed by atoms with E-state index < -0.39 is 0 Å². The van der Waals surface area contributed by atoms with Crippen LogP contribution in [0.1, 0.15) is 45.4 Å². The molecule has 1 aliphatic rings. The topological polar surface area (TPSA) is 13.7 Å². The molecule has 0 saturated carbocycles. The van der Waals surface area contributed by atoms with E-state index in [0.717, 1.165) is 29.8 Å². The number of quaternary nitrogens is 1. The summed E-state index contributed by atoms with van der Waals surface area (Å²) in [5.74, 6) is 0.884. The third-order valence-electron chi connectivity index (χ3n) is 4.33. The van der Waals surface area contributed by atoms with Crippen LogP contribution in [-0.2, 0) is 0 Å². The summed E-state index contributed by atoms with van der Waals surface area (Å²) in [7, 11) is 0. The van der Waals surface area contributed by atoms with Crippen molar-refractivity contribution in [2.45, 2.75) is 51.5 Å². The fraction of sp³-hybridized carbons (Fsp3) is 0.647. The first kappa shape index (κ1) is 15.7. The molecule has 20 heavy (non-hydrogen) atoms. The van der Waals surface area contributed by atoms with Crippen molar-refractivity contribution >= 4 is 11.6 Å². The predicted octanol–water partition coefficient (Wildman–Crippen LogP) is 3.35. The van der Waals surface area contributed by atoms with Gasteiger partial charge in [0.15, 0.2) is 0 Å². The van der Waals surface area contributed by atoms with Crippen LogP contribution in [0, 0.1) is 0 Å². The Labute approximate surface area is 128 Å². The Bertz CT molecular complexity index is 396. The molecule has 2 atom stereocenters. The second-order valence-electron chi connectivity index (χ2n) is 5.77. The van der Waals surface area contributed by atoms with Gasteiger partial charge in [-0.25, -0.2) is 0 Å². The molecule has 2 rings (SSSR count). The highest BCUT2D eigenvalue weighted by Gasteiger charge is 2.23. The zero-order valence-electron chi connectivity index (χ0n) is 12.5. The first-order chi connectivity index (χ1) is 9.79.